The molecule has 0 atom stereocenters. The molecule has 2 fully saturated rings. The van der Waals surface area contributed by atoms with E-state index in [0.29, 0.717) is 17.0 Å². The number of ketones is 2. The van der Waals surface area contributed by atoms with Crippen LogP contribution in [0.3, 0.4) is 0 Å². The van der Waals surface area contributed by atoms with E-state index in [1.807, 2.05) is 23.4 Å². The predicted molar refractivity (Wildman–Crippen MR) is 91.2 cm³/mol. The van der Waals surface area contributed by atoms with Crippen LogP contribution in [-0.4, -0.2) is 77.1 Å². The molecule has 1 aliphatic carbocycles. The molecule has 0 amide bonds. The fourth-order valence-electron chi connectivity index (χ4n) is 3.73. The number of carbonyl (C=O) groups excluding carboxylic acids is 2. The highest BCUT2D eigenvalue weighted by atomic mass is 16.1. The lowest BCUT2D eigenvalue weighted by atomic mass is 9.94. The third-order valence-corrected chi connectivity index (χ3v) is 5.54. The first-order chi connectivity index (χ1) is 11.5. The van der Waals surface area contributed by atoms with Crippen LogP contribution in [0.5, 0.6) is 0 Å². The van der Waals surface area contributed by atoms with Crippen LogP contribution in [-0.2, 0) is 13.6 Å². The second-order valence-corrected chi connectivity index (χ2v) is 7.14. The van der Waals surface area contributed by atoms with Crippen molar-refractivity contribution < 1.29 is 9.59 Å². The Morgan fingerprint density at radius 1 is 1.00 bits per heavy atom. The standard InChI is InChI=1S/C18H24N4O2/c1-12-13(11-21-6-4-19(2)5-7-21)16-17(20(12)3)15(23)10-14(18(16)24)22-8-9-22/h10H,4-9,11H2,1-3H3. The molecular formula is C18H24N4O2. The van der Waals surface area contributed by atoms with Crippen LogP contribution < -0.4 is 0 Å². The summed E-state index contributed by atoms with van der Waals surface area (Å²) in [5.41, 5.74) is 3.84. The number of rotatable bonds is 3. The third-order valence-electron chi connectivity index (χ3n) is 5.54. The number of likely N-dealkylation sites (N-methyl/N-ethyl adjacent to an activating group) is 1. The maximum atomic E-state index is 13.0. The first kappa shape index (κ1) is 15.6. The molecule has 3 heterocycles. The summed E-state index contributed by atoms with van der Waals surface area (Å²) < 4.78 is 1.90. The molecule has 2 saturated heterocycles. The Kier molecular flexibility index (Phi) is 3.62. The van der Waals surface area contributed by atoms with E-state index in [0.717, 1.165) is 57.1 Å². The molecule has 0 radical (unpaired) electrons. The summed E-state index contributed by atoms with van der Waals surface area (Å²) in [7, 11) is 4.03. The molecule has 0 saturated carbocycles. The summed E-state index contributed by atoms with van der Waals surface area (Å²) in [5, 5.41) is 0. The molecule has 4 rings (SSSR count). The van der Waals surface area contributed by atoms with E-state index in [4.69, 9.17) is 0 Å². The van der Waals surface area contributed by atoms with Crippen LogP contribution in [0.4, 0.5) is 0 Å². The van der Waals surface area contributed by atoms with E-state index in [1.54, 1.807) is 0 Å². The van der Waals surface area contributed by atoms with Crippen molar-refractivity contribution >= 4 is 11.6 Å². The summed E-state index contributed by atoms with van der Waals surface area (Å²) in [5.74, 6) is -0.0170. The van der Waals surface area contributed by atoms with Gasteiger partial charge in [0, 0.05) is 64.6 Å². The number of carbonyl (C=O) groups is 2. The van der Waals surface area contributed by atoms with Crippen molar-refractivity contribution in [1.82, 2.24) is 19.3 Å². The highest BCUT2D eigenvalue weighted by Gasteiger charge is 2.38. The minimum atomic E-state index is -0.0401. The Labute approximate surface area is 142 Å². The number of piperazine rings is 1. The SMILES string of the molecule is Cc1c(CN2CCN(C)CC2)c2c(n1C)C(=O)C=C(N1CC1)C2=O. The van der Waals surface area contributed by atoms with Crippen LogP contribution in [0.25, 0.3) is 0 Å². The molecule has 3 aliphatic rings. The van der Waals surface area contributed by atoms with Gasteiger partial charge in [-0.2, -0.15) is 0 Å². The molecule has 6 nitrogen and oxygen atoms in total. The van der Waals surface area contributed by atoms with Crippen LogP contribution in [0, 0.1) is 6.92 Å². The Morgan fingerprint density at radius 2 is 1.67 bits per heavy atom. The molecule has 0 unspecified atom stereocenters. The maximum Gasteiger partial charge on any atom is 0.211 e. The molecule has 2 aliphatic heterocycles. The fourth-order valence-corrected chi connectivity index (χ4v) is 3.73. The number of allylic oxidation sites excluding steroid dienone is 2. The molecule has 6 heteroatoms. The van der Waals surface area contributed by atoms with Crippen molar-refractivity contribution in [3.63, 3.8) is 0 Å². The number of aromatic nitrogens is 1. The third kappa shape index (κ3) is 2.41. The number of Topliss-reactive ketones (excluding diaryl/α,β-unsaturated/α-hetero) is 1. The Balaban J connectivity index is 1.70. The minimum absolute atomic E-state index is 0.0231. The van der Waals surface area contributed by atoms with Crippen LogP contribution in [0.2, 0.25) is 0 Å². The molecular weight excluding hydrogens is 304 g/mol. The lowest BCUT2D eigenvalue weighted by Gasteiger charge is -2.32. The van der Waals surface area contributed by atoms with Gasteiger partial charge in [-0.15, -0.1) is 0 Å². The zero-order valence-corrected chi connectivity index (χ0v) is 14.6. The van der Waals surface area contributed by atoms with Crippen LogP contribution in [0.1, 0.15) is 32.1 Å². The van der Waals surface area contributed by atoms with Crippen molar-refractivity contribution in [3.05, 3.63) is 34.3 Å². The van der Waals surface area contributed by atoms with Gasteiger partial charge in [0.15, 0.2) is 0 Å². The maximum absolute atomic E-state index is 13.0. The molecule has 24 heavy (non-hydrogen) atoms. The van der Waals surface area contributed by atoms with Crippen molar-refractivity contribution in [2.24, 2.45) is 7.05 Å². The number of hydrogen-bond acceptors (Lipinski definition) is 5. The van der Waals surface area contributed by atoms with E-state index in [9.17, 15) is 9.59 Å². The van der Waals surface area contributed by atoms with Gasteiger partial charge in [-0.3, -0.25) is 14.5 Å². The first-order valence-electron chi connectivity index (χ1n) is 8.62. The second kappa shape index (κ2) is 5.57. The van der Waals surface area contributed by atoms with Gasteiger partial charge in [0.1, 0.15) is 5.69 Å². The fraction of sp³-hybridized carbons (Fsp3) is 0.556. The Morgan fingerprint density at radius 3 is 2.29 bits per heavy atom. The van der Waals surface area contributed by atoms with Crippen molar-refractivity contribution in [2.75, 3.05) is 46.3 Å². The van der Waals surface area contributed by atoms with E-state index in [2.05, 4.69) is 16.8 Å². The van der Waals surface area contributed by atoms with E-state index >= 15 is 0 Å². The van der Waals surface area contributed by atoms with Gasteiger partial charge in [-0.05, 0) is 19.5 Å². The van der Waals surface area contributed by atoms with Gasteiger partial charge >= 0.3 is 0 Å². The second-order valence-electron chi connectivity index (χ2n) is 7.14. The molecule has 1 aromatic rings. The van der Waals surface area contributed by atoms with Gasteiger partial charge in [-0.25, -0.2) is 0 Å². The topological polar surface area (TPSA) is 48.6 Å². The highest BCUT2D eigenvalue weighted by Crippen LogP contribution is 2.33. The quantitative estimate of drug-likeness (QED) is 0.763. The smallest absolute Gasteiger partial charge is 0.211 e. The summed E-state index contributed by atoms with van der Waals surface area (Å²) in [6.45, 7) is 8.59. The van der Waals surface area contributed by atoms with Crippen LogP contribution in [0.15, 0.2) is 11.8 Å². The first-order valence-corrected chi connectivity index (χ1v) is 8.62. The average molecular weight is 328 g/mol. The van der Waals surface area contributed by atoms with Gasteiger partial charge in [0.2, 0.25) is 11.6 Å². The summed E-state index contributed by atoms with van der Waals surface area (Å²) >= 11 is 0. The Hall–Kier alpha value is -1.92. The molecule has 128 valence electrons. The van der Waals surface area contributed by atoms with Gasteiger partial charge in [0.25, 0.3) is 0 Å². The normalized spacial score (nSPS) is 22.0. The monoisotopic (exact) mass is 328 g/mol. The van der Waals surface area contributed by atoms with Gasteiger partial charge in [-0.1, -0.05) is 0 Å². The van der Waals surface area contributed by atoms with E-state index < -0.39 is 0 Å². The minimum Gasteiger partial charge on any atom is -0.365 e. The lowest BCUT2D eigenvalue weighted by Crippen LogP contribution is -2.44. The average Bonchev–Trinajstić information content (AvgIpc) is 3.36. The molecule has 0 N–H and O–H groups in total. The van der Waals surface area contributed by atoms with Crippen molar-refractivity contribution in [1.29, 1.82) is 0 Å². The zero-order chi connectivity index (χ0) is 17.0. The van der Waals surface area contributed by atoms with E-state index in [1.165, 1.54) is 6.08 Å². The molecule has 1 aromatic heterocycles. The molecule has 0 aromatic carbocycles. The van der Waals surface area contributed by atoms with E-state index in [-0.39, 0.29) is 11.6 Å². The highest BCUT2D eigenvalue weighted by molar-refractivity contribution is 6.24. The number of nitrogens with zero attached hydrogens (tertiary/aromatic N) is 4. The lowest BCUT2D eigenvalue weighted by molar-refractivity contribution is 0.0964. The number of hydrogen-bond donors (Lipinski definition) is 0. The van der Waals surface area contributed by atoms with Gasteiger partial charge in [0.05, 0.1) is 11.3 Å². The number of fused-ring (bicyclic) bond motifs is 1. The summed E-state index contributed by atoms with van der Waals surface area (Å²) in [4.78, 5) is 32.3. The summed E-state index contributed by atoms with van der Waals surface area (Å²) in [6, 6.07) is 0. The zero-order valence-electron chi connectivity index (χ0n) is 14.6. The molecule has 0 bridgehead atoms. The van der Waals surface area contributed by atoms with Gasteiger partial charge < -0.3 is 14.4 Å². The predicted octanol–water partition coefficient (Wildman–Crippen LogP) is 0.659. The van der Waals surface area contributed by atoms with Crippen molar-refractivity contribution in [2.45, 2.75) is 13.5 Å². The molecule has 0 spiro atoms. The largest absolute Gasteiger partial charge is 0.365 e. The Bertz CT molecular complexity index is 750. The summed E-state index contributed by atoms with van der Waals surface area (Å²) in [6.07, 6.45) is 1.52. The van der Waals surface area contributed by atoms with Crippen molar-refractivity contribution in [3.8, 4) is 0 Å². The van der Waals surface area contributed by atoms with Crippen LogP contribution >= 0.6 is 0 Å².